The molecule has 2 aromatic carbocycles. The maximum absolute atomic E-state index is 12.6. The minimum Gasteiger partial charge on any atom is -0.350 e. The molecule has 0 bridgehead atoms. The van der Waals surface area contributed by atoms with Gasteiger partial charge in [-0.05, 0) is 41.6 Å². The van der Waals surface area contributed by atoms with Crippen molar-refractivity contribution in [3.63, 3.8) is 0 Å². The number of hydrogen-bond acceptors (Lipinski definition) is 8. The molecule has 0 atom stereocenters. The van der Waals surface area contributed by atoms with E-state index in [4.69, 9.17) is 0 Å². The molecule has 11 heteroatoms. The summed E-state index contributed by atoms with van der Waals surface area (Å²) in [5.74, 6) is -0.269. The lowest BCUT2D eigenvalue weighted by atomic mass is 10.2. The van der Waals surface area contributed by atoms with E-state index in [0.29, 0.717) is 16.9 Å². The second-order valence-corrected chi connectivity index (χ2v) is 8.64. The first-order chi connectivity index (χ1) is 17.1. The summed E-state index contributed by atoms with van der Waals surface area (Å²) in [6.07, 6.45) is 1.45. The number of aryl methyl sites for hydroxylation is 1. The number of amides is 1. The van der Waals surface area contributed by atoms with Crippen LogP contribution in [0.4, 0.5) is 0 Å². The van der Waals surface area contributed by atoms with Gasteiger partial charge in [-0.1, -0.05) is 36.4 Å². The normalized spacial score (nSPS) is 10.9. The first-order valence-corrected chi connectivity index (χ1v) is 11.6. The molecule has 1 N–H and O–H groups in total. The standard InChI is InChI=1S/C24H20N8O2S/c1-16-22(35-24(27-16)17-6-3-2-4-7-17)20-10-11-21(33)31(28-20)13-12-25-23(34)18-8-5-9-19(14-18)32-15-26-29-30-32/h2-11,14-15H,12-13H2,1H3,(H,25,34). The van der Waals surface area contributed by atoms with Crippen LogP contribution in [-0.4, -0.2) is 47.4 Å². The molecule has 0 aliphatic rings. The molecule has 10 nitrogen and oxygen atoms in total. The quantitative estimate of drug-likeness (QED) is 0.377. The monoisotopic (exact) mass is 484 g/mol. The third-order valence-electron chi connectivity index (χ3n) is 5.25. The summed E-state index contributed by atoms with van der Waals surface area (Å²) in [5, 5.41) is 19.3. The summed E-state index contributed by atoms with van der Waals surface area (Å²) in [6, 6.07) is 20.1. The zero-order valence-electron chi connectivity index (χ0n) is 18.7. The van der Waals surface area contributed by atoms with Crippen LogP contribution >= 0.6 is 11.3 Å². The summed E-state index contributed by atoms with van der Waals surface area (Å²) < 4.78 is 2.82. The SMILES string of the molecule is Cc1nc(-c2ccccc2)sc1-c1ccc(=O)n(CCNC(=O)c2cccc(-n3cnnn3)c2)n1. The molecule has 3 heterocycles. The molecule has 0 fully saturated rings. The van der Waals surface area contributed by atoms with E-state index in [0.717, 1.165) is 21.1 Å². The van der Waals surface area contributed by atoms with Crippen molar-refractivity contribution in [1.29, 1.82) is 0 Å². The summed E-state index contributed by atoms with van der Waals surface area (Å²) in [4.78, 5) is 30.6. The Morgan fingerprint density at radius 1 is 1.06 bits per heavy atom. The van der Waals surface area contributed by atoms with Crippen molar-refractivity contribution in [3.8, 4) is 26.8 Å². The number of carbonyl (C=O) groups is 1. The van der Waals surface area contributed by atoms with E-state index in [1.807, 2.05) is 37.3 Å². The predicted molar refractivity (Wildman–Crippen MR) is 131 cm³/mol. The number of hydrogen-bond donors (Lipinski definition) is 1. The van der Waals surface area contributed by atoms with Crippen molar-refractivity contribution in [3.05, 3.63) is 94.7 Å². The van der Waals surface area contributed by atoms with Crippen LogP contribution in [0.2, 0.25) is 0 Å². The predicted octanol–water partition coefficient (Wildman–Crippen LogP) is 2.75. The number of carbonyl (C=O) groups excluding carboxylic acids is 1. The molecule has 35 heavy (non-hydrogen) atoms. The minimum atomic E-state index is -0.269. The van der Waals surface area contributed by atoms with Crippen LogP contribution in [0.3, 0.4) is 0 Å². The fourth-order valence-electron chi connectivity index (χ4n) is 3.52. The van der Waals surface area contributed by atoms with Crippen molar-refractivity contribution >= 4 is 17.2 Å². The summed E-state index contributed by atoms with van der Waals surface area (Å²) in [5.41, 5.74) is 3.44. The molecule has 0 saturated heterocycles. The molecule has 0 saturated carbocycles. The Bertz CT molecular complexity index is 1530. The van der Waals surface area contributed by atoms with Gasteiger partial charge in [0.15, 0.2) is 0 Å². The van der Waals surface area contributed by atoms with Gasteiger partial charge in [0.1, 0.15) is 17.0 Å². The van der Waals surface area contributed by atoms with Crippen LogP contribution in [0.5, 0.6) is 0 Å². The molecular formula is C24H20N8O2S. The van der Waals surface area contributed by atoms with E-state index in [1.54, 1.807) is 30.3 Å². The summed E-state index contributed by atoms with van der Waals surface area (Å²) >= 11 is 1.53. The topological polar surface area (TPSA) is 120 Å². The van der Waals surface area contributed by atoms with Crippen LogP contribution < -0.4 is 10.9 Å². The lowest BCUT2D eigenvalue weighted by Crippen LogP contribution is -2.32. The number of rotatable bonds is 7. The highest BCUT2D eigenvalue weighted by molar-refractivity contribution is 7.18. The highest BCUT2D eigenvalue weighted by atomic mass is 32.1. The third-order valence-corrected chi connectivity index (χ3v) is 6.48. The fraction of sp³-hybridized carbons (Fsp3) is 0.125. The van der Waals surface area contributed by atoms with E-state index >= 15 is 0 Å². The zero-order chi connectivity index (χ0) is 24.2. The van der Waals surface area contributed by atoms with Gasteiger partial charge in [-0.2, -0.15) is 5.10 Å². The molecule has 5 rings (SSSR count). The Balaban J connectivity index is 1.28. The van der Waals surface area contributed by atoms with Crippen molar-refractivity contribution in [2.75, 3.05) is 6.54 Å². The minimum absolute atomic E-state index is 0.231. The van der Waals surface area contributed by atoms with Crippen LogP contribution in [0.25, 0.3) is 26.8 Å². The smallest absolute Gasteiger partial charge is 0.266 e. The third kappa shape index (κ3) is 4.89. The Labute approximate surface area is 203 Å². The highest BCUT2D eigenvalue weighted by Gasteiger charge is 2.14. The first-order valence-electron chi connectivity index (χ1n) is 10.8. The van der Waals surface area contributed by atoms with Gasteiger partial charge in [-0.3, -0.25) is 9.59 Å². The lowest BCUT2D eigenvalue weighted by molar-refractivity contribution is 0.0951. The van der Waals surface area contributed by atoms with Crippen LogP contribution in [0, 0.1) is 6.92 Å². The van der Waals surface area contributed by atoms with Gasteiger partial charge in [0.25, 0.3) is 11.5 Å². The molecular weight excluding hydrogens is 464 g/mol. The van der Waals surface area contributed by atoms with Crippen molar-refractivity contribution in [1.82, 2.24) is 40.3 Å². The van der Waals surface area contributed by atoms with Crippen molar-refractivity contribution < 1.29 is 4.79 Å². The van der Waals surface area contributed by atoms with E-state index < -0.39 is 0 Å². The van der Waals surface area contributed by atoms with Gasteiger partial charge in [0.2, 0.25) is 0 Å². The molecule has 0 unspecified atom stereocenters. The molecule has 0 radical (unpaired) electrons. The van der Waals surface area contributed by atoms with E-state index in [1.165, 1.54) is 33.1 Å². The zero-order valence-corrected chi connectivity index (χ0v) is 19.5. The molecule has 3 aromatic heterocycles. The molecule has 174 valence electrons. The van der Waals surface area contributed by atoms with E-state index in [-0.39, 0.29) is 24.6 Å². The molecule has 1 amide bonds. The Hall–Kier alpha value is -4.51. The van der Waals surface area contributed by atoms with Gasteiger partial charge in [-0.15, -0.1) is 16.4 Å². The first kappa shape index (κ1) is 22.3. The van der Waals surface area contributed by atoms with Crippen LogP contribution in [0.15, 0.2) is 77.9 Å². The Kier molecular flexibility index (Phi) is 6.22. The highest BCUT2D eigenvalue weighted by Crippen LogP contribution is 2.33. The van der Waals surface area contributed by atoms with Crippen LogP contribution in [-0.2, 0) is 6.54 Å². The largest absolute Gasteiger partial charge is 0.350 e. The van der Waals surface area contributed by atoms with E-state index in [9.17, 15) is 9.59 Å². The summed E-state index contributed by atoms with van der Waals surface area (Å²) in [6.45, 7) is 2.40. The fourth-order valence-corrected chi connectivity index (χ4v) is 4.55. The number of thiazole rings is 1. The average Bonchev–Trinajstić information content (AvgIpc) is 3.56. The average molecular weight is 485 g/mol. The number of benzene rings is 2. The number of nitrogens with zero attached hydrogens (tertiary/aromatic N) is 7. The van der Waals surface area contributed by atoms with Crippen LogP contribution in [0.1, 0.15) is 16.1 Å². The van der Waals surface area contributed by atoms with Gasteiger partial charge in [0.05, 0.1) is 22.8 Å². The van der Waals surface area contributed by atoms with Crippen molar-refractivity contribution in [2.45, 2.75) is 13.5 Å². The number of nitrogens with one attached hydrogen (secondary N) is 1. The molecule has 5 aromatic rings. The van der Waals surface area contributed by atoms with Gasteiger partial charge >= 0.3 is 0 Å². The molecule has 0 spiro atoms. The van der Waals surface area contributed by atoms with Gasteiger partial charge in [-0.25, -0.2) is 14.3 Å². The second kappa shape index (κ2) is 9.77. The van der Waals surface area contributed by atoms with Crippen molar-refractivity contribution in [2.24, 2.45) is 0 Å². The Morgan fingerprint density at radius 3 is 2.71 bits per heavy atom. The summed E-state index contributed by atoms with van der Waals surface area (Å²) in [7, 11) is 0. The second-order valence-electron chi connectivity index (χ2n) is 7.64. The van der Waals surface area contributed by atoms with Gasteiger partial charge < -0.3 is 5.32 Å². The maximum Gasteiger partial charge on any atom is 0.266 e. The number of tetrazole rings is 1. The molecule has 0 aliphatic carbocycles. The Morgan fingerprint density at radius 2 is 1.91 bits per heavy atom. The van der Waals surface area contributed by atoms with E-state index in [2.05, 4.69) is 30.9 Å². The molecule has 0 aliphatic heterocycles. The number of aromatic nitrogens is 7. The lowest BCUT2D eigenvalue weighted by Gasteiger charge is -2.09. The van der Waals surface area contributed by atoms with Gasteiger partial charge in [0, 0.05) is 23.7 Å². The maximum atomic E-state index is 12.6.